The van der Waals surface area contributed by atoms with Crippen molar-refractivity contribution in [3.05, 3.63) is 24.0 Å². The van der Waals surface area contributed by atoms with Crippen molar-refractivity contribution in [2.75, 3.05) is 17.2 Å². The normalized spacial score (nSPS) is 16.2. The average molecular weight is 264 g/mol. The van der Waals surface area contributed by atoms with E-state index in [1.165, 1.54) is 31.7 Å². The second-order valence-electron chi connectivity index (χ2n) is 5.99. The van der Waals surface area contributed by atoms with Crippen LogP contribution in [0.4, 0.5) is 15.8 Å². The Kier molecular flexibility index (Phi) is 4.67. The third-order valence-electron chi connectivity index (χ3n) is 4.05. The molecular weight excluding hydrogens is 239 g/mol. The van der Waals surface area contributed by atoms with Gasteiger partial charge in [0, 0.05) is 12.6 Å². The van der Waals surface area contributed by atoms with Crippen LogP contribution in [0, 0.1) is 11.7 Å². The molecule has 0 spiro atoms. The molecule has 1 fully saturated rings. The van der Waals surface area contributed by atoms with Crippen LogP contribution in [-0.2, 0) is 0 Å². The minimum atomic E-state index is -0.301. The van der Waals surface area contributed by atoms with Crippen LogP contribution in [0.1, 0.15) is 46.0 Å². The Labute approximate surface area is 115 Å². The second kappa shape index (κ2) is 6.27. The largest absolute Gasteiger partial charge is 0.395 e. The monoisotopic (exact) mass is 264 g/mol. The topological polar surface area (TPSA) is 29.3 Å². The molecule has 0 amide bonds. The van der Waals surface area contributed by atoms with Gasteiger partial charge in [0.25, 0.3) is 0 Å². The highest BCUT2D eigenvalue weighted by atomic mass is 19.1. The van der Waals surface area contributed by atoms with E-state index >= 15 is 0 Å². The van der Waals surface area contributed by atoms with Gasteiger partial charge in [0.2, 0.25) is 0 Å². The smallest absolute Gasteiger partial charge is 0.148 e. The highest BCUT2D eigenvalue weighted by Crippen LogP contribution is 2.33. The molecule has 1 aromatic rings. The molecule has 0 heterocycles. The third-order valence-corrected chi connectivity index (χ3v) is 4.05. The van der Waals surface area contributed by atoms with Gasteiger partial charge in [0.15, 0.2) is 0 Å². The minimum Gasteiger partial charge on any atom is -0.395 e. The summed E-state index contributed by atoms with van der Waals surface area (Å²) in [5.41, 5.74) is 7.13. The fourth-order valence-corrected chi connectivity index (χ4v) is 2.89. The molecule has 1 aliphatic carbocycles. The molecule has 2 nitrogen and oxygen atoms in total. The standard InChI is InChI=1S/C16H25FN2/c1-12(2)10-11-19(13-6-3-4-7-13)15-9-5-8-14(17)16(15)18/h5,8-9,12-13H,3-4,6-7,10-11,18H2,1-2H3. The summed E-state index contributed by atoms with van der Waals surface area (Å²) in [6.07, 6.45) is 6.07. The first-order valence-electron chi connectivity index (χ1n) is 7.40. The molecule has 0 atom stereocenters. The Morgan fingerprint density at radius 1 is 1.32 bits per heavy atom. The van der Waals surface area contributed by atoms with Gasteiger partial charge in [0.05, 0.1) is 11.4 Å². The Balaban J connectivity index is 2.22. The lowest BCUT2D eigenvalue weighted by molar-refractivity contribution is 0.527. The highest BCUT2D eigenvalue weighted by Gasteiger charge is 2.24. The number of hydrogen-bond acceptors (Lipinski definition) is 2. The summed E-state index contributed by atoms with van der Waals surface area (Å²) in [5, 5.41) is 0. The van der Waals surface area contributed by atoms with E-state index in [-0.39, 0.29) is 5.82 Å². The second-order valence-corrected chi connectivity index (χ2v) is 5.99. The molecule has 0 aromatic heterocycles. The molecule has 0 bridgehead atoms. The van der Waals surface area contributed by atoms with Crippen molar-refractivity contribution in [3.8, 4) is 0 Å². The van der Waals surface area contributed by atoms with Crippen molar-refractivity contribution in [1.82, 2.24) is 0 Å². The van der Waals surface area contributed by atoms with E-state index in [1.54, 1.807) is 6.07 Å². The van der Waals surface area contributed by atoms with Crippen LogP contribution >= 0.6 is 0 Å². The first kappa shape index (κ1) is 14.2. The number of hydrogen-bond donors (Lipinski definition) is 1. The molecule has 3 heteroatoms. The van der Waals surface area contributed by atoms with E-state index < -0.39 is 0 Å². The fraction of sp³-hybridized carbons (Fsp3) is 0.625. The van der Waals surface area contributed by atoms with E-state index in [1.807, 2.05) is 6.07 Å². The summed E-state index contributed by atoms with van der Waals surface area (Å²) in [5.74, 6) is 0.351. The number of halogens is 1. The molecule has 2 rings (SSSR count). The first-order valence-corrected chi connectivity index (χ1v) is 7.40. The van der Waals surface area contributed by atoms with Crippen LogP contribution in [0.25, 0.3) is 0 Å². The van der Waals surface area contributed by atoms with E-state index in [0.717, 1.165) is 18.7 Å². The fourth-order valence-electron chi connectivity index (χ4n) is 2.89. The summed E-state index contributed by atoms with van der Waals surface area (Å²) in [7, 11) is 0. The van der Waals surface area contributed by atoms with Crippen molar-refractivity contribution in [1.29, 1.82) is 0 Å². The van der Waals surface area contributed by atoms with E-state index in [4.69, 9.17) is 5.73 Å². The predicted molar refractivity (Wildman–Crippen MR) is 79.9 cm³/mol. The van der Waals surface area contributed by atoms with Crippen LogP contribution in [0.5, 0.6) is 0 Å². The number of anilines is 2. The average Bonchev–Trinajstić information content (AvgIpc) is 2.88. The van der Waals surface area contributed by atoms with Gasteiger partial charge in [-0.2, -0.15) is 0 Å². The van der Waals surface area contributed by atoms with Gasteiger partial charge in [-0.3, -0.25) is 0 Å². The van der Waals surface area contributed by atoms with Gasteiger partial charge >= 0.3 is 0 Å². The van der Waals surface area contributed by atoms with Crippen molar-refractivity contribution >= 4 is 11.4 Å². The summed E-state index contributed by atoms with van der Waals surface area (Å²) in [6.45, 7) is 5.42. The molecule has 1 saturated carbocycles. The van der Waals surface area contributed by atoms with Gasteiger partial charge in [-0.1, -0.05) is 32.8 Å². The van der Waals surface area contributed by atoms with E-state index in [2.05, 4.69) is 18.7 Å². The van der Waals surface area contributed by atoms with Crippen LogP contribution in [0.3, 0.4) is 0 Å². The number of nitrogen functional groups attached to an aromatic ring is 1. The quantitative estimate of drug-likeness (QED) is 0.807. The molecule has 0 radical (unpaired) electrons. The lowest BCUT2D eigenvalue weighted by Crippen LogP contribution is -2.35. The molecule has 1 aromatic carbocycles. The van der Waals surface area contributed by atoms with Gasteiger partial charge in [-0.05, 0) is 37.3 Å². The van der Waals surface area contributed by atoms with Gasteiger partial charge in [0.1, 0.15) is 5.82 Å². The highest BCUT2D eigenvalue weighted by molar-refractivity contribution is 5.68. The van der Waals surface area contributed by atoms with Gasteiger partial charge in [-0.15, -0.1) is 0 Å². The lowest BCUT2D eigenvalue weighted by atomic mass is 10.1. The van der Waals surface area contributed by atoms with E-state index in [0.29, 0.717) is 17.6 Å². The molecule has 19 heavy (non-hydrogen) atoms. The summed E-state index contributed by atoms with van der Waals surface area (Å²) < 4.78 is 13.7. The van der Waals surface area contributed by atoms with Gasteiger partial charge < -0.3 is 10.6 Å². The minimum absolute atomic E-state index is 0.301. The summed E-state index contributed by atoms with van der Waals surface area (Å²) in [6, 6.07) is 5.69. The zero-order valence-electron chi connectivity index (χ0n) is 12.0. The zero-order valence-corrected chi connectivity index (χ0v) is 12.0. The number of nitrogens with zero attached hydrogens (tertiary/aromatic N) is 1. The predicted octanol–water partition coefficient (Wildman–Crippen LogP) is 4.20. The summed E-state index contributed by atoms with van der Waals surface area (Å²) in [4.78, 5) is 2.34. The first-order chi connectivity index (χ1) is 9.09. The Hall–Kier alpha value is -1.25. The third kappa shape index (κ3) is 3.40. The lowest BCUT2D eigenvalue weighted by Gasteiger charge is -2.33. The van der Waals surface area contributed by atoms with Crippen molar-refractivity contribution in [2.24, 2.45) is 5.92 Å². The Bertz CT molecular complexity index is 411. The molecule has 2 N–H and O–H groups in total. The van der Waals surface area contributed by atoms with Crippen LogP contribution in [0.15, 0.2) is 18.2 Å². The zero-order chi connectivity index (χ0) is 13.8. The molecular formula is C16H25FN2. The molecule has 0 aliphatic heterocycles. The van der Waals surface area contributed by atoms with Crippen molar-refractivity contribution in [3.63, 3.8) is 0 Å². The maximum Gasteiger partial charge on any atom is 0.148 e. The number of benzene rings is 1. The van der Waals surface area contributed by atoms with Crippen LogP contribution in [0.2, 0.25) is 0 Å². The molecule has 0 saturated heterocycles. The maximum absolute atomic E-state index is 13.7. The summed E-state index contributed by atoms with van der Waals surface area (Å²) >= 11 is 0. The van der Waals surface area contributed by atoms with Crippen LogP contribution in [-0.4, -0.2) is 12.6 Å². The molecule has 1 aliphatic rings. The van der Waals surface area contributed by atoms with Crippen molar-refractivity contribution in [2.45, 2.75) is 52.0 Å². The number of para-hydroxylation sites is 1. The van der Waals surface area contributed by atoms with Gasteiger partial charge in [-0.25, -0.2) is 4.39 Å². The maximum atomic E-state index is 13.7. The molecule has 106 valence electrons. The Morgan fingerprint density at radius 3 is 2.63 bits per heavy atom. The van der Waals surface area contributed by atoms with Crippen molar-refractivity contribution < 1.29 is 4.39 Å². The van der Waals surface area contributed by atoms with Crippen LogP contribution < -0.4 is 10.6 Å². The number of nitrogens with two attached hydrogens (primary N) is 1. The number of rotatable bonds is 5. The van der Waals surface area contributed by atoms with E-state index in [9.17, 15) is 4.39 Å². The molecule has 0 unspecified atom stereocenters. The Morgan fingerprint density at radius 2 is 2.00 bits per heavy atom. The SMILES string of the molecule is CC(C)CCN(c1cccc(F)c1N)C1CCCC1.